The van der Waals surface area contributed by atoms with Crippen LogP contribution in [0, 0.1) is 0 Å². The van der Waals surface area contributed by atoms with E-state index in [1.165, 1.54) is 27.8 Å². The van der Waals surface area contributed by atoms with E-state index in [-0.39, 0.29) is 16.2 Å². The van der Waals surface area contributed by atoms with Gasteiger partial charge in [0.25, 0.3) is 0 Å². The summed E-state index contributed by atoms with van der Waals surface area (Å²) in [5, 5.41) is 3.27. The minimum atomic E-state index is -0.200. The summed E-state index contributed by atoms with van der Waals surface area (Å²) < 4.78 is 9.12. The highest BCUT2D eigenvalue weighted by Crippen LogP contribution is 2.46. The lowest BCUT2D eigenvalue weighted by Gasteiger charge is -2.25. The van der Waals surface area contributed by atoms with Gasteiger partial charge in [-0.25, -0.2) is 4.98 Å². The van der Waals surface area contributed by atoms with Crippen molar-refractivity contribution in [2.75, 3.05) is 0 Å². The van der Waals surface area contributed by atoms with Crippen LogP contribution in [-0.4, -0.2) is 14.5 Å². The number of aromatic nitrogens is 3. The Balaban J connectivity index is 1.25. The quantitative estimate of drug-likeness (QED) is 0.169. The van der Waals surface area contributed by atoms with Gasteiger partial charge in [-0.1, -0.05) is 165 Å². The molecule has 69 heavy (non-hydrogen) atoms. The molecule has 0 bridgehead atoms. The molecule has 8 aromatic carbocycles. The Morgan fingerprint density at radius 2 is 1.09 bits per heavy atom. The summed E-state index contributed by atoms with van der Waals surface area (Å²) in [6, 6.07) is 61.4. The number of hydrogen-bond donors (Lipinski definition) is 1. The summed E-state index contributed by atoms with van der Waals surface area (Å²) in [7, 11) is 0. The largest absolute Gasteiger partial charge is 0.455 e. The van der Waals surface area contributed by atoms with Gasteiger partial charge in [-0.2, -0.15) is 0 Å². The molecule has 0 aliphatic carbocycles. The number of furan rings is 1. The van der Waals surface area contributed by atoms with Gasteiger partial charge in [-0.15, -0.1) is 12.6 Å². The molecule has 0 spiro atoms. The van der Waals surface area contributed by atoms with Gasteiger partial charge >= 0.3 is 0 Å². The smallest absolute Gasteiger partial charge is 0.145 e. The maximum Gasteiger partial charge on any atom is 0.145 e. The second kappa shape index (κ2) is 16.5. The lowest BCUT2D eigenvalue weighted by Crippen LogP contribution is -2.13. The number of fused-ring (bicyclic) bond motifs is 5. The summed E-state index contributed by atoms with van der Waals surface area (Å²) in [5.41, 5.74) is 18.6. The molecule has 11 aromatic rings. The molecule has 0 fully saturated rings. The topological polar surface area (TPSA) is 43.9 Å². The van der Waals surface area contributed by atoms with E-state index < -0.39 is 0 Å². The van der Waals surface area contributed by atoms with Gasteiger partial charge in [0.1, 0.15) is 17.0 Å². The van der Waals surface area contributed by atoms with Gasteiger partial charge < -0.3 is 4.42 Å². The van der Waals surface area contributed by atoms with Crippen molar-refractivity contribution in [3.8, 4) is 61.6 Å². The Morgan fingerprint density at radius 3 is 1.80 bits per heavy atom. The van der Waals surface area contributed by atoms with E-state index in [1.807, 2.05) is 18.3 Å². The van der Waals surface area contributed by atoms with E-state index in [0.29, 0.717) is 0 Å². The van der Waals surface area contributed by atoms with Crippen LogP contribution >= 0.6 is 12.6 Å². The van der Waals surface area contributed by atoms with Crippen LogP contribution in [-0.2, 0) is 16.2 Å². The maximum absolute atomic E-state index is 6.73. The summed E-state index contributed by atoms with van der Waals surface area (Å²) in [5.74, 6) is 0.845. The molecular weight excluding hydrogens is 859 g/mol. The fourth-order valence-corrected chi connectivity index (χ4v) is 10.2. The molecule has 0 saturated heterocycles. The first-order valence-corrected chi connectivity index (χ1v) is 24.5. The minimum Gasteiger partial charge on any atom is -0.455 e. The number of rotatable bonds is 6. The van der Waals surface area contributed by atoms with Crippen LogP contribution in [0.5, 0.6) is 0 Å². The van der Waals surface area contributed by atoms with Gasteiger partial charge in [0.15, 0.2) is 0 Å². The van der Waals surface area contributed by atoms with Crippen molar-refractivity contribution < 1.29 is 4.42 Å². The molecule has 5 heteroatoms. The first-order chi connectivity index (χ1) is 33.0. The first kappa shape index (κ1) is 44.3. The minimum absolute atomic E-state index is 0.0714. The highest BCUT2D eigenvalue weighted by Gasteiger charge is 2.27. The van der Waals surface area contributed by atoms with E-state index >= 15 is 0 Å². The fourth-order valence-electron chi connectivity index (χ4n) is 9.95. The maximum atomic E-state index is 6.73. The molecule has 3 heterocycles. The molecule has 0 amide bonds. The van der Waals surface area contributed by atoms with E-state index in [0.717, 1.165) is 99.2 Å². The molecule has 0 unspecified atom stereocenters. The van der Waals surface area contributed by atoms with Crippen molar-refractivity contribution in [2.45, 2.75) is 83.5 Å². The van der Waals surface area contributed by atoms with Gasteiger partial charge in [0.2, 0.25) is 0 Å². The standard InChI is InChI=1S/C64H57N3OS/c1-62(2,3)43-27-29-53(50(36-43)40-21-14-11-15-22-40)67-54-25-18-24-49(57-56(69)30-28-48-47-23-16-17-26-55(47)68-60(48)57)59(54)66-61(67)42-33-41(34-44(35-42)63(4,5)6)51-37-45(64(7,8)9)38-52-46(31-32-65-58(51)52)39-19-12-10-13-20-39/h10-38,69H,1-9H3. The van der Waals surface area contributed by atoms with Crippen molar-refractivity contribution in [1.82, 2.24) is 14.5 Å². The van der Waals surface area contributed by atoms with Crippen molar-refractivity contribution in [2.24, 2.45) is 0 Å². The number of nitrogens with zero attached hydrogens (tertiary/aromatic N) is 3. The normalized spacial score (nSPS) is 12.5. The lowest BCUT2D eigenvalue weighted by atomic mass is 9.81. The zero-order valence-electron chi connectivity index (χ0n) is 40.9. The Kier molecular flexibility index (Phi) is 10.6. The molecule has 0 saturated carbocycles. The molecule has 0 aliphatic heterocycles. The van der Waals surface area contributed by atoms with E-state index in [9.17, 15) is 0 Å². The number of pyridine rings is 1. The summed E-state index contributed by atoms with van der Waals surface area (Å²) in [4.78, 5) is 11.9. The van der Waals surface area contributed by atoms with Crippen LogP contribution in [0.1, 0.15) is 79.0 Å². The van der Waals surface area contributed by atoms with Crippen LogP contribution in [0.3, 0.4) is 0 Å². The number of para-hydroxylation sites is 2. The second-order valence-corrected chi connectivity index (χ2v) is 22.2. The molecule has 340 valence electrons. The summed E-state index contributed by atoms with van der Waals surface area (Å²) in [6.07, 6.45) is 1.96. The van der Waals surface area contributed by atoms with E-state index in [1.54, 1.807) is 0 Å². The van der Waals surface area contributed by atoms with Crippen LogP contribution in [0.2, 0.25) is 0 Å². The van der Waals surface area contributed by atoms with Crippen LogP contribution in [0.4, 0.5) is 0 Å². The van der Waals surface area contributed by atoms with Crippen LogP contribution in [0.25, 0.3) is 105 Å². The third-order valence-corrected chi connectivity index (χ3v) is 14.2. The molecule has 0 atom stereocenters. The molecule has 4 nitrogen and oxygen atoms in total. The molecule has 0 radical (unpaired) electrons. The van der Waals surface area contributed by atoms with E-state index in [2.05, 4.69) is 225 Å². The first-order valence-electron chi connectivity index (χ1n) is 24.0. The summed E-state index contributed by atoms with van der Waals surface area (Å²) in [6.45, 7) is 20.6. The Morgan fingerprint density at radius 1 is 0.449 bits per heavy atom. The lowest BCUT2D eigenvalue weighted by molar-refractivity contribution is 0.590. The number of thiol groups is 1. The summed E-state index contributed by atoms with van der Waals surface area (Å²) >= 11 is 5.15. The highest BCUT2D eigenvalue weighted by atomic mass is 32.1. The van der Waals surface area contributed by atoms with Gasteiger partial charge in [-0.05, 0) is 122 Å². The Bertz CT molecular complexity index is 3780. The van der Waals surface area contributed by atoms with Crippen molar-refractivity contribution >= 4 is 56.5 Å². The van der Waals surface area contributed by atoms with Crippen LogP contribution < -0.4 is 0 Å². The van der Waals surface area contributed by atoms with Gasteiger partial charge in [0.05, 0.1) is 22.2 Å². The number of hydrogen-bond acceptors (Lipinski definition) is 4. The van der Waals surface area contributed by atoms with Crippen molar-refractivity contribution in [3.05, 3.63) is 193 Å². The average Bonchev–Trinajstić information content (AvgIpc) is 3.92. The SMILES string of the molecule is CC(C)(C)c1cc(-c2cc(C(C)(C)C)cc3c(-c4ccccc4)ccnc23)cc(-c2nc3c(-c4c(S)ccc5c4oc4ccccc45)cccc3n2-c2ccc(C(C)(C)C)cc2-c2ccccc2)c1. The number of benzene rings is 8. The molecule has 3 aromatic heterocycles. The Labute approximate surface area is 411 Å². The van der Waals surface area contributed by atoms with Gasteiger partial charge in [0, 0.05) is 55.1 Å². The third-order valence-electron chi connectivity index (χ3n) is 13.8. The Hall–Kier alpha value is -7.21. The molecular formula is C64H57N3OS. The molecule has 0 N–H and O–H groups in total. The predicted octanol–water partition coefficient (Wildman–Crippen LogP) is 18.0. The van der Waals surface area contributed by atoms with Crippen molar-refractivity contribution in [3.63, 3.8) is 0 Å². The third kappa shape index (κ3) is 7.83. The monoisotopic (exact) mass is 915 g/mol. The molecule has 11 rings (SSSR count). The average molecular weight is 916 g/mol. The predicted molar refractivity (Wildman–Crippen MR) is 294 cm³/mol. The zero-order valence-corrected chi connectivity index (χ0v) is 41.8. The zero-order chi connectivity index (χ0) is 48.0. The van der Waals surface area contributed by atoms with Crippen LogP contribution in [0.15, 0.2) is 185 Å². The van der Waals surface area contributed by atoms with Crippen molar-refractivity contribution in [1.29, 1.82) is 0 Å². The van der Waals surface area contributed by atoms with Gasteiger partial charge in [-0.3, -0.25) is 9.55 Å². The number of imidazole rings is 1. The van der Waals surface area contributed by atoms with E-state index in [4.69, 9.17) is 27.0 Å². The molecule has 0 aliphatic rings. The highest BCUT2D eigenvalue weighted by molar-refractivity contribution is 7.80. The second-order valence-electron chi connectivity index (χ2n) is 21.7. The fraction of sp³-hybridized carbons (Fsp3) is 0.188.